The van der Waals surface area contributed by atoms with Crippen LogP contribution in [0, 0.1) is 13.8 Å². The van der Waals surface area contributed by atoms with Crippen molar-refractivity contribution in [2.75, 3.05) is 26.4 Å². The van der Waals surface area contributed by atoms with Gasteiger partial charge in [0.25, 0.3) is 11.8 Å². The first-order valence-corrected chi connectivity index (χ1v) is 23.3. The molecule has 0 aromatic carbocycles. The lowest BCUT2D eigenvalue weighted by molar-refractivity contribution is 0.0651. The number of hydrogen-bond donors (Lipinski definition) is 0. The molecular weight excluding hydrogens is 703 g/mol. The summed E-state index contributed by atoms with van der Waals surface area (Å²) >= 11 is 5.50. The van der Waals surface area contributed by atoms with E-state index in [4.69, 9.17) is 9.47 Å². The number of amides is 2. The molecule has 8 heteroatoms. The molecule has 3 aromatic rings. The third-order valence-corrected chi connectivity index (χ3v) is 15.2. The van der Waals surface area contributed by atoms with Crippen molar-refractivity contribution in [2.24, 2.45) is 0 Å². The molecular formula is C44H63NO4S3. The Labute approximate surface area is 325 Å². The Kier molecular flexibility index (Phi) is 14.7. The van der Waals surface area contributed by atoms with Crippen LogP contribution in [0.25, 0.3) is 19.5 Å². The average molecular weight is 766 g/mol. The number of imide groups is 1. The van der Waals surface area contributed by atoms with Crippen LogP contribution in [0.3, 0.4) is 0 Å². The number of rotatable bonds is 26. The molecule has 6 rings (SSSR count). The Morgan fingerprint density at radius 1 is 0.692 bits per heavy atom. The van der Waals surface area contributed by atoms with E-state index in [9.17, 15) is 9.59 Å². The summed E-state index contributed by atoms with van der Waals surface area (Å²) in [6.07, 6.45) is 24.9. The summed E-state index contributed by atoms with van der Waals surface area (Å²) in [5.74, 6) is -0.166. The smallest absolute Gasteiger partial charge is 0.263 e. The molecule has 3 aromatic heterocycles. The number of hydrogen-bond acceptors (Lipinski definition) is 7. The minimum atomic E-state index is -0.0856. The van der Waals surface area contributed by atoms with Gasteiger partial charge in [-0.25, -0.2) is 0 Å². The summed E-state index contributed by atoms with van der Waals surface area (Å²) in [6, 6.07) is 4.97. The molecule has 1 atom stereocenters. The Hall–Kier alpha value is -1.84. The summed E-state index contributed by atoms with van der Waals surface area (Å²) < 4.78 is 10.8. The van der Waals surface area contributed by atoms with Gasteiger partial charge in [0.2, 0.25) is 0 Å². The van der Waals surface area contributed by atoms with Crippen molar-refractivity contribution < 1.29 is 19.1 Å². The zero-order valence-corrected chi connectivity index (χ0v) is 35.0. The number of carbonyl (C=O) groups is 2. The van der Waals surface area contributed by atoms with E-state index in [2.05, 4.69) is 32.9 Å². The maximum atomic E-state index is 14.0. The van der Waals surface area contributed by atoms with Crippen LogP contribution in [0.4, 0.5) is 0 Å². The second-order valence-corrected chi connectivity index (χ2v) is 19.3. The summed E-state index contributed by atoms with van der Waals surface area (Å²) in [6.45, 7) is 11.8. The highest BCUT2D eigenvalue weighted by molar-refractivity contribution is 7.27. The molecule has 2 aliphatic heterocycles. The van der Waals surface area contributed by atoms with Gasteiger partial charge in [-0.3, -0.25) is 14.5 Å². The van der Waals surface area contributed by atoms with Gasteiger partial charge in [-0.05, 0) is 62.8 Å². The number of aryl methyl sites for hydroxylation is 2. The first kappa shape index (κ1) is 39.8. The van der Waals surface area contributed by atoms with Gasteiger partial charge in [0, 0.05) is 43.0 Å². The molecule has 1 unspecified atom stereocenters. The zero-order valence-electron chi connectivity index (χ0n) is 32.5. The molecule has 0 N–H and O–H groups in total. The molecule has 0 bridgehead atoms. The Bertz CT molecular complexity index is 1610. The van der Waals surface area contributed by atoms with Gasteiger partial charge in [0.15, 0.2) is 0 Å². The second kappa shape index (κ2) is 19.2. The van der Waals surface area contributed by atoms with Crippen molar-refractivity contribution in [1.82, 2.24) is 4.90 Å². The minimum absolute atomic E-state index is 0.0552. The van der Waals surface area contributed by atoms with Crippen LogP contribution in [0.15, 0.2) is 12.1 Å². The van der Waals surface area contributed by atoms with E-state index in [0.29, 0.717) is 23.8 Å². The van der Waals surface area contributed by atoms with Crippen molar-refractivity contribution in [3.8, 4) is 19.5 Å². The average Bonchev–Trinajstić information content (AvgIpc) is 3.35. The fourth-order valence-corrected chi connectivity index (χ4v) is 12.4. The third-order valence-electron chi connectivity index (χ3n) is 11.6. The normalized spacial score (nSPS) is 17.0. The third kappa shape index (κ3) is 9.16. The van der Waals surface area contributed by atoms with Crippen molar-refractivity contribution in [3.63, 3.8) is 0 Å². The Balaban J connectivity index is 1.15. The minimum Gasteiger partial charge on any atom is -0.379 e. The molecule has 0 saturated carbocycles. The van der Waals surface area contributed by atoms with E-state index in [1.807, 2.05) is 29.6 Å². The second-order valence-electron chi connectivity index (χ2n) is 15.7. The van der Waals surface area contributed by atoms with Crippen molar-refractivity contribution in [1.29, 1.82) is 0 Å². The van der Waals surface area contributed by atoms with E-state index in [1.165, 1.54) is 115 Å². The fourth-order valence-electron chi connectivity index (χ4n) is 8.59. The molecule has 5 heterocycles. The standard InChI is InChI=1S/C44H63NO4S3/c1-5-7-9-11-15-19-23-44(24-20-16-12-10-8-6-2)34-27-31(3)50-39(34)40-35(44)28-36(52-40)41-38-37(32(4)51-41)42(46)45(43(38)47)25-21-17-13-14-18-22-26-48-29-33-30-49-33/h27-28,33H,5-26,29-30H2,1-4H3. The lowest BCUT2D eigenvalue weighted by atomic mass is 9.71. The number of unbranched alkanes of at least 4 members (excludes halogenated alkanes) is 15. The molecule has 3 aliphatic rings. The van der Waals surface area contributed by atoms with Gasteiger partial charge < -0.3 is 9.47 Å². The van der Waals surface area contributed by atoms with Crippen LogP contribution in [-0.4, -0.2) is 49.2 Å². The van der Waals surface area contributed by atoms with Gasteiger partial charge >= 0.3 is 0 Å². The number of epoxide rings is 1. The molecule has 1 saturated heterocycles. The molecule has 1 fully saturated rings. The molecule has 52 heavy (non-hydrogen) atoms. The van der Waals surface area contributed by atoms with Crippen LogP contribution in [0.2, 0.25) is 0 Å². The highest BCUT2D eigenvalue weighted by atomic mass is 32.1. The SMILES string of the molecule is CCCCCCCCC1(CCCCCCCC)c2cc(C)sc2-c2sc(-c3sc(C)c4c3C(=O)N(CCCCCCCCOCC3CO3)C4=O)cc21. The van der Waals surface area contributed by atoms with E-state index in [-0.39, 0.29) is 17.2 Å². The Morgan fingerprint density at radius 2 is 1.25 bits per heavy atom. The predicted octanol–water partition coefficient (Wildman–Crippen LogP) is 13.3. The first-order valence-electron chi connectivity index (χ1n) is 20.8. The van der Waals surface area contributed by atoms with Crippen LogP contribution in [0.5, 0.6) is 0 Å². The lowest BCUT2D eigenvalue weighted by Crippen LogP contribution is -2.31. The summed E-state index contributed by atoms with van der Waals surface area (Å²) in [7, 11) is 0. The highest BCUT2D eigenvalue weighted by Crippen LogP contribution is 2.61. The van der Waals surface area contributed by atoms with Gasteiger partial charge in [0.1, 0.15) is 6.10 Å². The summed E-state index contributed by atoms with van der Waals surface area (Å²) in [4.78, 5) is 36.8. The fraction of sp³-hybridized carbons (Fsp3) is 0.682. The van der Waals surface area contributed by atoms with Gasteiger partial charge in [-0.2, -0.15) is 0 Å². The maximum Gasteiger partial charge on any atom is 0.263 e. The van der Waals surface area contributed by atoms with E-state index in [1.54, 1.807) is 21.8 Å². The first-order chi connectivity index (χ1) is 25.4. The highest BCUT2D eigenvalue weighted by Gasteiger charge is 2.46. The molecule has 0 spiro atoms. The van der Waals surface area contributed by atoms with Crippen LogP contribution in [0.1, 0.15) is 184 Å². The number of carbonyl (C=O) groups excluding carboxylic acids is 2. The van der Waals surface area contributed by atoms with E-state index >= 15 is 0 Å². The number of fused-ring (bicyclic) bond motifs is 4. The number of nitrogens with zero attached hydrogens (tertiary/aromatic N) is 1. The quantitative estimate of drug-likeness (QED) is 0.0464. The zero-order chi connectivity index (χ0) is 36.5. The van der Waals surface area contributed by atoms with E-state index < -0.39 is 0 Å². The largest absolute Gasteiger partial charge is 0.379 e. The Morgan fingerprint density at radius 3 is 1.90 bits per heavy atom. The number of ether oxygens (including phenoxy) is 2. The van der Waals surface area contributed by atoms with Gasteiger partial charge in [-0.1, -0.05) is 117 Å². The maximum absolute atomic E-state index is 14.0. The van der Waals surface area contributed by atoms with Crippen LogP contribution < -0.4 is 0 Å². The summed E-state index contributed by atoms with van der Waals surface area (Å²) in [5.41, 5.74) is 4.47. The molecule has 5 nitrogen and oxygen atoms in total. The van der Waals surface area contributed by atoms with Gasteiger partial charge in [-0.15, -0.1) is 34.0 Å². The van der Waals surface area contributed by atoms with Gasteiger partial charge in [0.05, 0.1) is 29.2 Å². The molecule has 1 aliphatic carbocycles. The summed E-state index contributed by atoms with van der Waals surface area (Å²) in [5, 5.41) is 0. The van der Waals surface area contributed by atoms with Crippen LogP contribution >= 0.6 is 34.0 Å². The van der Waals surface area contributed by atoms with Crippen molar-refractivity contribution >= 4 is 45.8 Å². The number of thiophene rings is 3. The predicted molar refractivity (Wildman–Crippen MR) is 221 cm³/mol. The topological polar surface area (TPSA) is 59.1 Å². The molecule has 0 radical (unpaired) electrons. The van der Waals surface area contributed by atoms with Crippen molar-refractivity contribution in [3.05, 3.63) is 44.1 Å². The molecule has 2 amide bonds. The van der Waals surface area contributed by atoms with Crippen LogP contribution in [-0.2, 0) is 14.9 Å². The van der Waals surface area contributed by atoms with Crippen molar-refractivity contribution in [2.45, 2.75) is 168 Å². The monoisotopic (exact) mass is 765 g/mol. The lowest BCUT2D eigenvalue weighted by Gasteiger charge is -2.31. The van der Waals surface area contributed by atoms with E-state index in [0.717, 1.165) is 68.1 Å². The molecule has 286 valence electrons.